The summed E-state index contributed by atoms with van der Waals surface area (Å²) in [5.41, 5.74) is 3.64. The molecule has 1 aliphatic rings. The second-order valence-electron chi connectivity index (χ2n) is 5.83. The molecule has 0 aliphatic carbocycles. The SMILES string of the molecule is C[C@H](SCc1ccccc1)C(=O)N1c2ccccc2C[C@H]1C. The molecule has 0 saturated carbocycles. The number of thioether (sulfide) groups is 1. The summed E-state index contributed by atoms with van der Waals surface area (Å²) in [6.45, 7) is 4.15. The van der Waals surface area contributed by atoms with Gasteiger partial charge in [0.25, 0.3) is 0 Å². The molecule has 1 aliphatic heterocycles. The Kier molecular flexibility index (Phi) is 4.53. The fraction of sp³-hybridized carbons (Fsp3) is 0.316. The summed E-state index contributed by atoms with van der Waals surface area (Å²) in [6, 6.07) is 18.8. The van der Waals surface area contributed by atoms with Crippen molar-refractivity contribution in [2.75, 3.05) is 4.90 Å². The van der Waals surface area contributed by atoms with Crippen molar-refractivity contribution in [2.45, 2.75) is 37.3 Å². The molecule has 2 nitrogen and oxygen atoms in total. The van der Waals surface area contributed by atoms with Crippen LogP contribution in [0.5, 0.6) is 0 Å². The van der Waals surface area contributed by atoms with E-state index in [0.717, 1.165) is 17.9 Å². The molecule has 0 fully saturated rings. The van der Waals surface area contributed by atoms with Crippen molar-refractivity contribution in [3.8, 4) is 0 Å². The number of anilines is 1. The Bertz CT molecular complexity index is 655. The summed E-state index contributed by atoms with van der Waals surface area (Å²) in [4.78, 5) is 14.8. The van der Waals surface area contributed by atoms with Crippen molar-refractivity contribution in [2.24, 2.45) is 0 Å². The maximum atomic E-state index is 12.8. The number of benzene rings is 2. The molecule has 0 saturated heterocycles. The Labute approximate surface area is 136 Å². The van der Waals surface area contributed by atoms with Gasteiger partial charge in [-0.25, -0.2) is 0 Å². The first-order chi connectivity index (χ1) is 10.7. The molecule has 0 radical (unpaired) electrons. The normalized spacial score (nSPS) is 18.1. The predicted molar refractivity (Wildman–Crippen MR) is 94.3 cm³/mol. The van der Waals surface area contributed by atoms with Gasteiger partial charge in [0.05, 0.1) is 5.25 Å². The lowest BCUT2D eigenvalue weighted by Crippen LogP contribution is -2.40. The van der Waals surface area contributed by atoms with Crippen molar-refractivity contribution in [3.05, 3.63) is 65.7 Å². The first-order valence-corrected chi connectivity index (χ1v) is 8.78. The number of hydrogen-bond acceptors (Lipinski definition) is 2. The van der Waals surface area contributed by atoms with E-state index in [0.29, 0.717) is 0 Å². The largest absolute Gasteiger partial charge is 0.308 e. The minimum absolute atomic E-state index is 0.0335. The highest BCUT2D eigenvalue weighted by Crippen LogP contribution is 2.33. The van der Waals surface area contributed by atoms with E-state index in [1.165, 1.54) is 11.1 Å². The number of hydrogen-bond donors (Lipinski definition) is 0. The number of amides is 1. The van der Waals surface area contributed by atoms with Crippen LogP contribution in [0.15, 0.2) is 54.6 Å². The van der Waals surface area contributed by atoms with E-state index in [1.807, 2.05) is 42.2 Å². The average molecular weight is 311 g/mol. The summed E-state index contributed by atoms with van der Waals surface area (Å²) in [7, 11) is 0. The molecular weight excluding hydrogens is 290 g/mol. The van der Waals surface area contributed by atoms with Gasteiger partial charge in [0.1, 0.15) is 0 Å². The Morgan fingerprint density at radius 1 is 1.18 bits per heavy atom. The number of para-hydroxylation sites is 1. The molecule has 0 unspecified atom stereocenters. The fourth-order valence-corrected chi connectivity index (χ4v) is 3.86. The van der Waals surface area contributed by atoms with E-state index in [2.05, 4.69) is 31.2 Å². The maximum absolute atomic E-state index is 12.8. The standard InChI is InChI=1S/C19H21NOS/c1-14-12-17-10-6-7-11-18(17)20(14)19(21)15(2)22-13-16-8-4-3-5-9-16/h3-11,14-15H,12-13H2,1-2H3/t14-,15+/m1/s1. The number of nitrogens with zero attached hydrogens (tertiary/aromatic N) is 1. The molecule has 0 spiro atoms. The first-order valence-electron chi connectivity index (χ1n) is 7.73. The molecule has 0 bridgehead atoms. The van der Waals surface area contributed by atoms with Gasteiger partial charge in [0.15, 0.2) is 0 Å². The van der Waals surface area contributed by atoms with Gasteiger partial charge in [0, 0.05) is 17.5 Å². The van der Waals surface area contributed by atoms with E-state index >= 15 is 0 Å². The molecule has 1 heterocycles. The molecule has 2 aromatic carbocycles. The lowest BCUT2D eigenvalue weighted by molar-refractivity contribution is -0.118. The summed E-state index contributed by atoms with van der Waals surface area (Å²) in [5.74, 6) is 1.09. The topological polar surface area (TPSA) is 20.3 Å². The zero-order valence-electron chi connectivity index (χ0n) is 13.0. The highest BCUT2D eigenvalue weighted by atomic mass is 32.2. The van der Waals surface area contributed by atoms with Gasteiger partial charge in [-0.05, 0) is 37.5 Å². The summed E-state index contributed by atoms with van der Waals surface area (Å²) in [5, 5.41) is -0.0335. The van der Waals surface area contributed by atoms with E-state index < -0.39 is 0 Å². The van der Waals surface area contributed by atoms with Crippen LogP contribution in [0.25, 0.3) is 0 Å². The number of carbonyl (C=O) groups excluding carboxylic acids is 1. The highest BCUT2D eigenvalue weighted by molar-refractivity contribution is 7.99. The second-order valence-corrected chi connectivity index (χ2v) is 7.16. The minimum atomic E-state index is -0.0335. The van der Waals surface area contributed by atoms with Gasteiger partial charge in [-0.3, -0.25) is 4.79 Å². The van der Waals surface area contributed by atoms with Crippen LogP contribution in [-0.4, -0.2) is 17.2 Å². The smallest absolute Gasteiger partial charge is 0.240 e. The number of rotatable bonds is 4. The second kappa shape index (κ2) is 6.57. The van der Waals surface area contributed by atoms with E-state index in [1.54, 1.807) is 11.8 Å². The van der Waals surface area contributed by atoms with E-state index in [4.69, 9.17) is 0 Å². The molecule has 22 heavy (non-hydrogen) atoms. The third kappa shape index (κ3) is 3.05. The summed E-state index contributed by atoms with van der Waals surface area (Å²) >= 11 is 1.71. The third-order valence-corrected chi connectivity index (χ3v) is 5.34. The van der Waals surface area contributed by atoms with E-state index in [-0.39, 0.29) is 17.2 Å². The zero-order chi connectivity index (χ0) is 15.5. The van der Waals surface area contributed by atoms with Crippen molar-refractivity contribution in [1.29, 1.82) is 0 Å². The summed E-state index contributed by atoms with van der Waals surface area (Å²) < 4.78 is 0. The fourth-order valence-electron chi connectivity index (χ4n) is 2.96. The van der Waals surface area contributed by atoms with Crippen LogP contribution >= 0.6 is 11.8 Å². The Morgan fingerprint density at radius 2 is 1.86 bits per heavy atom. The lowest BCUT2D eigenvalue weighted by atomic mass is 10.1. The predicted octanol–water partition coefficient (Wildman–Crippen LogP) is 4.29. The third-order valence-electron chi connectivity index (χ3n) is 4.14. The van der Waals surface area contributed by atoms with Crippen LogP contribution in [0.2, 0.25) is 0 Å². The monoisotopic (exact) mass is 311 g/mol. The van der Waals surface area contributed by atoms with Gasteiger partial charge in [-0.2, -0.15) is 0 Å². The molecule has 3 rings (SSSR count). The van der Waals surface area contributed by atoms with Crippen molar-refractivity contribution >= 4 is 23.4 Å². The molecule has 0 N–H and O–H groups in total. The number of carbonyl (C=O) groups is 1. The van der Waals surface area contributed by atoms with Crippen LogP contribution < -0.4 is 4.90 Å². The minimum Gasteiger partial charge on any atom is -0.308 e. The van der Waals surface area contributed by atoms with Crippen LogP contribution in [0, 0.1) is 0 Å². The van der Waals surface area contributed by atoms with Gasteiger partial charge >= 0.3 is 0 Å². The van der Waals surface area contributed by atoms with Crippen molar-refractivity contribution < 1.29 is 4.79 Å². The Balaban J connectivity index is 1.68. The van der Waals surface area contributed by atoms with Gasteiger partial charge in [-0.15, -0.1) is 11.8 Å². The van der Waals surface area contributed by atoms with Crippen molar-refractivity contribution in [3.63, 3.8) is 0 Å². The molecule has 0 aromatic heterocycles. The number of fused-ring (bicyclic) bond motifs is 1. The quantitative estimate of drug-likeness (QED) is 0.839. The maximum Gasteiger partial charge on any atom is 0.240 e. The lowest BCUT2D eigenvalue weighted by Gasteiger charge is -2.26. The first kappa shape index (κ1) is 15.2. The Hall–Kier alpha value is -1.74. The van der Waals surface area contributed by atoms with Crippen LogP contribution in [0.1, 0.15) is 25.0 Å². The van der Waals surface area contributed by atoms with Gasteiger partial charge < -0.3 is 4.90 Å². The zero-order valence-corrected chi connectivity index (χ0v) is 13.8. The van der Waals surface area contributed by atoms with E-state index in [9.17, 15) is 4.79 Å². The van der Waals surface area contributed by atoms with Crippen molar-refractivity contribution in [1.82, 2.24) is 0 Å². The summed E-state index contributed by atoms with van der Waals surface area (Å²) in [6.07, 6.45) is 0.956. The average Bonchev–Trinajstić information content (AvgIpc) is 2.88. The van der Waals surface area contributed by atoms with Gasteiger partial charge in [0.2, 0.25) is 5.91 Å². The Morgan fingerprint density at radius 3 is 2.64 bits per heavy atom. The van der Waals surface area contributed by atoms with Crippen LogP contribution in [0.3, 0.4) is 0 Å². The molecular formula is C19H21NOS. The molecule has 3 heteroatoms. The van der Waals surface area contributed by atoms with Crippen LogP contribution in [0.4, 0.5) is 5.69 Å². The molecule has 2 aromatic rings. The highest BCUT2D eigenvalue weighted by Gasteiger charge is 2.32. The van der Waals surface area contributed by atoms with Gasteiger partial charge in [-0.1, -0.05) is 48.5 Å². The molecule has 2 atom stereocenters. The van der Waals surface area contributed by atoms with Crippen LogP contribution in [-0.2, 0) is 17.0 Å². The molecule has 114 valence electrons. The molecule has 1 amide bonds.